The Kier molecular flexibility index (Phi) is 6.00. The van der Waals surface area contributed by atoms with Gasteiger partial charge in [-0.1, -0.05) is 20.8 Å². The first kappa shape index (κ1) is 15.9. The highest BCUT2D eigenvalue weighted by atomic mass is 32.2. The fraction of sp³-hybridized carbons (Fsp3) is 0.750. The largest absolute Gasteiger partial charge is 0.468 e. The van der Waals surface area contributed by atoms with Crippen molar-refractivity contribution in [2.24, 2.45) is 0 Å². The first-order chi connectivity index (χ1) is 9.61. The van der Waals surface area contributed by atoms with E-state index in [1.165, 1.54) is 30.8 Å². The van der Waals surface area contributed by atoms with Gasteiger partial charge >= 0.3 is 0 Å². The van der Waals surface area contributed by atoms with Crippen molar-refractivity contribution in [2.75, 3.05) is 25.4 Å². The van der Waals surface area contributed by atoms with Crippen LogP contribution in [0.15, 0.2) is 16.7 Å². The lowest BCUT2D eigenvalue weighted by Crippen LogP contribution is -2.27. The molecule has 1 aliphatic heterocycles. The van der Waals surface area contributed by atoms with Crippen LogP contribution >= 0.6 is 11.8 Å². The summed E-state index contributed by atoms with van der Waals surface area (Å²) in [6.45, 7) is 12.2. The van der Waals surface area contributed by atoms with Crippen LogP contribution < -0.4 is 5.32 Å². The van der Waals surface area contributed by atoms with Crippen molar-refractivity contribution < 1.29 is 4.42 Å². The van der Waals surface area contributed by atoms with Crippen LogP contribution in [0.2, 0.25) is 0 Å². The number of hydrogen-bond donors (Lipinski definition) is 1. The first-order valence-electron chi connectivity index (χ1n) is 7.73. The molecule has 0 radical (unpaired) electrons. The van der Waals surface area contributed by atoms with Gasteiger partial charge in [-0.05, 0) is 32.0 Å². The zero-order chi connectivity index (χ0) is 14.4. The quantitative estimate of drug-likeness (QED) is 0.813. The molecule has 4 heteroatoms. The molecular weight excluding hydrogens is 268 g/mol. The van der Waals surface area contributed by atoms with Gasteiger partial charge in [0.2, 0.25) is 0 Å². The van der Waals surface area contributed by atoms with Crippen LogP contribution in [0.4, 0.5) is 0 Å². The van der Waals surface area contributed by atoms with Gasteiger partial charge < -0.3 is 9.73 Å². The second-order valence-corrected chi connectivity index (χ2v) is 7.98. The normalized spacial score (nSPS) is 19.9. The van der Waals surface area contributed by atoms with Crippen LogP contribution in [0.3, 0.4) is 0 Å². The third-order valence-corrected chi connectivity index (χ3v) is 5.25. The van der Waals surface area contributed by atoms with Crippen LogP contribution in [0.5, 0.6) is 0 Å². The van der Waals surface area contributed by atoms with E-state index in [2.05, 4.69) is 48.8 Å². The van der Waals surface area contributed by atoms with Crippen molar-refractivity contribution in [1.82, 2.24) is 10.2 Å². The average molecular weight is 296 g/mol. The molecule has 1 N–H and O–H groups in total. The SMILES string of the molecule is CCCNCc1occc1CN1CCSC(C)(C)CC1. The molecule has 114 valence electrons. The standard InChI is InChI=1S/C16H28N2OS/c1-4-7-17-12-15-14(5-10-19-15)13-18-8-6-16(2,3)20-11-9-18/h5,10,17H,4,6-9,11-13H2,1-3H3. The Balaban J connectivity index is 1.88. The summed E-state index contributed by atoms with van der Waals surface area (Å²) in [6.07, 6.45) is 4.25. The van der Waals surface area contributed by atoms with Crippen LogP contribution in [0.25, 0.3) is 0 Å². The van der Waals surface area contributed by atoms with Crippen LogP contribution in [0.1, 0.15) is 44.9 Å². The van der Waals surface area contributed by atoms with E-state index in [0.29, 0.717) is 4.75 Å². The summed E-state index contributed by atoms with van der Waals surface area (Å²) < 4.78 is 6.06. The van der Waals surface area contributed by atoms with Crippen LogP contribution in [-0.2, 0) is 13.1 Å². The Morgan fingerprint density at radius 1 is 1.40 bits per heavy atom. The fourth-order valence-corrected chi connectivity index (χ4v) is 3.64. The van der Waals surface area contributed by atoms with Crippen molar-refractivity contribution in [3.63, 3.8) is 0 Å². The minimum absolute atomic E-state index is 0.427. The van der Waals surface area contributed by atoms with Gasteiger partial charge in [0, 0.05) is 29.2 Å². The predicted octanol–water partition coefficient (Wildman–Crippen LogP) is 3.50. The predicted molar refractivity (Wildman–Crippen MR) is 87.1 cm³/mol. The van der Waals surface area contributed by atoms with Crippen molar-refractivity contribution in [1.29, 1.82) is 0 Å². The molecule has 1 aliphatic rings. The van der Waals surface area contributed by atoms with Gasteiger partial charge in [-0.15, -0.1) is 0 Å². The smallest absolute Gasteiger partial charge is 0.122 e. The third-order valence-electron chi connectivity index (χ3n) is 3.87. The van der Waals surface area contributed by atoms with Crippen molar-refractivity contribution in [2.45, 2.75) is 51.4 Å². The summed E-state index contributed by atoms with van der Waals surface area (Å²) in [7, 11) is 0. The summed E-state index contributed by atoms with van der Waals surface area (Å²) in [4.78, 5) is 2.57. The van der Waals surface area contributed by atoms with Crippen molar-refractivity contribution in [3.05, 3.63) is 23.7 Å². The summed E-state index contributed by atoms with van der Waals surface area (Å²) in [5.74, 6) is 2.34. The molecule has 0 aliphatic carbocycles. The Morgan fingerprint density at radius 3 is 3.05 bits per heavy atom. The highest BCUT2D eigenvalue weighted by Gasteiger charge is 2.24. The molecule has 3 nitrogen and oxygen atoms in total. The zero-order valence-corrected chi connectivity index (χ0v) is 13.9. The molecule has 0 unspecified atom stereocenters. The lowest BCUT2D eigenvalue weighted by atomic mass is 10.1. The minimum atomic E-state index is 0.427. The minimum Gasteiger partial charge on any atom is -0.468 e. The molecule has 0 amide bonds. The van der Waals surface area contributed by atoms with Crippen molar-refractivity contribution >= 4 is 11.8 Å². The van der Waals surface area contributed by atoms with Gasteiger partial charge in [-0.3, -0.25) is 4.90 Å². The Hall–Kier alpha value is -0.450. The van der Waals surface area contributed by atoms with E-state index in [1.807, 2.05) is 6.26 Å². The zero-order valence-electron chi connectivity index (χ0n) is 13.1. The van der Waals surface area contributed by atoms with E-state index >= 15 is 0 Å². The Bertz CT molecular complexity index is 403. The molecule has 0 atom stereocenters. The molecule has 0 spiro atoms. The molecule has 2 rings (SSSR count). The van der Waals surface area contributed by atoms with Gasteiger partial charge in [0.1, 0.15) is 5.76 Å². The molecule has 1 aromatic rings. The van der Waals surface area contributed by atoms with Crippen molar-refractivity contribution in [3.8, 4) is 0 Å². The number of hydrogen-bond acceptors (Lipinski definition) is 4. The Labute approximate surface area is 127 Å². The van der Waals surface area contributed by atoms with Gasteiger partial charge in [0.15, 0.2) is 0 Å². The maximum Gasteiger partial charge on any atom is 0.122 e. The van der Waals surface area contributed by atoms with Crippen LogP contribution in [0, 0.1) is 0 Å². The Morgan fingerprint density at radius 2 is 2.25 bits per heavy atom. The van der Waals surface area contributed by atoms with E-state index in [9.17, 15) is 0 Å². The van der Waals surface area contributed by atoms with E-state index in [-0.39, 0.29) is 0 Å². The van der Waals surface area contributed by atoms with E-state index < -0.39 is 0 Å². The lowest BCUT2D eigenvalue weighted by Gasteiger charge is -2.22. The number of rotatable bonds is 6. The highest BCUT2D eigenvalue weighted by Crippen LogP contribution is 2.31. The van der Waals surface area contributed by atoms with E-state index in [1.54, 1.807) is 0 Å². The van der Waals surface area contributed by atoms with E-state index in [0.717, 1.165) is 31.8 Å². The summed E-state index contributed by atoms with van der Waals surface area (Å²) >= 11 is 2.10. The van der Waals surface area contributed by atoms with Gasteiger partial charge in [0.25, 0.3) is 0 Å². The molecule has 0 bridgehead atoms. The second-order valence-electron chi connectivity index (χ2n) is 6.18. The molecule has 0 aromatic carbocycles. The van der Waals surface area contributed by atoms with Gasteiger partial charge in [-0.2, -0.15) is 11.8 Å². The average Bonchev–Trinajstić information content (AvgIpc) is 2.75. The second kappa shape index (κ2) is 7.53. The molecular formula is C16H28N2OS. The summed E-state index contributed by atoms with van der Waals surface area (Å²) in [6, 6.07) is 2.13. The molecule has 20 heavy (non-hydrogen) atoms. The third kappa shape index (κ3) is 4.83. The summed E-state index contributed by atoms with van der Waals surface area (Å²) in [5, 5.41) is 3.42. The summed E-state index contributed by atoms with van der Waals surface area (Å²) in [5.41, 5.74) is 1.35. The van der Waals surface area contributed by atoms with Gasteiger partial charge in [0.05, 0.1) is 12.8 Å². The van der Waals surface area contributed by atoms with E-state index in [4.69, 9.17) is 4.42 Å². The molecule has 0 saturated carbocycles. The topological polar surface area (TPSA) is 28.4 Å². The first-order valence-corrected chi connectivity index (χ1v) is 8.71. The lowest BCUT2D eigenvalue weighted by molar-refractivity contribution is 0.273. The fourth-order valence-electron chi connectivity index (χ4n) is 2.50. The monoisotopic (exact) mass is 296 g/mol. The number of thioether (sulfide) groups is 1. The molecule has 1 fully saturated rings. The number of furan rings is 1. The molecule has 1 aromatic heterocycles. The number of nitrogens with zero attached hydrogens (tertiary/aromatic N) is 1. The maximum atomic E-state index is 5.63. The number of nitrogens with one attached hydrogen (secondary N) is 1. The van der Waals surface area contributed by atoms with Gasteiger partial charge in [-0.25, -0.2) is 0 Å². The van der Waals surface area contributed by atoms with Crippen LogP contribution in [-0.4, -0.2) is 35.0 Å². The molecule has 2 heterocycles. The maximum absolute atomic E-state index is 5.63. The highest BCUT2D eigenvalue weighted by molar-refractivity contribution is 8.00. The molecule has 1 saturated heterocycles.